The van der Waals surface area contributed by atoms with E-state index in [0.29, 0.717) is 5.69 Å². The Balaban J connectivity index is 1.58. The first-order valence-corrected chi connectivity index (χ1v) is 9.01. The summed E-state index contributed by atoms with van der Waals surface area (Å²) in [6.45, 7) is 0. The quantitative estimate of drug-likeness (QED) is 0.575. The molecule has 0 spiro atoms. The number of aromatic nitrogens is 1. The first-order chi connectivity index (χ1) is 12.9. The van der Waals surface area contributed by atoms with E-state index in [9.17, 15) is 18.0 Å². The van der Waals surface area contributed by atoms with Gasteiger partial charge in [0, 0.05) is 34.3 Å². The molecule has 0 saturated carbocycles. The molecule has 7 heteroatoms. The van der Waals surface area contributed by atoms with E-state index in [2.05, 4.69) is 10.3 Å². The number of benzene rings is 2. The minimum Gasteiger partial charge on any atom is -0.322 e. The Morgan fingerprint density at radius 3 is 2.30 bits per heavy atom. The SMILES string of the molecule is O=C(Nc1ccc(SCc2cccnc2)cc1)c1ccc(C(F)(F)F)cc1. The number of amides is 1. The van der Waals surface area contributed by atoms with Crippen LogP contribution in [0.3, 0.4) is 0 Å². The number of halogens is 3. The van der Waals surface area contributed by atoms with Gasteiger partial charge in [0.05, 0.1) is 5.56 Å². The molecular weight excluding hydrogens is 373 g/mol. The van der Waals surface area contributed by atoms with Crippen molar-refractivity contribution in [2.75, 3.05) is 5.32 Å². The van der Waals surface area contributed by atoms with Gasteiger partial charge in [0.25, 0.3) is 5.91 Å². The van der Waals surface area contributed by atoms with Crippen molar-refractivity contribution in [3.05, 3.63) is 89.7 Å². The molecule has 138 valence electrons. The lowest BCUT2D eigenvalue weighted by atomic mass is 10.1. The van der Waals surface area contributed by atoms with E-state index in [1.165, 1.54) is 0 Å². The Morgan fingerprint density at radius 1 is 1.00 bits per heavy atom. The second-order valence-corrected chi connectivity index (χ2v) is 6.75. The summed E-state index contributed by atoms with van der Waals surface area (Å²) >= 11 is 1.64. The fourth-order valence-corrected chi connectivity index (χ4v) is 3.13. The van der Waals surface area contributed by atoms with Crippen molar-refractivity contribution in [3.63, 3.8) is 0 Å². The van der Waals surface area contributed by atoms with Crippen molar-refractivity contribution < 1.29 is 18.0 Å². The number of anilines is 1. The summed E-state index contributed by atoms with van der Waals surface area (Å²) in [6, 6.07) is 15.3. The van der Waals surface area contributed by atoms with Crippen molar-refractivity contribution in [1.29, 1.82) is 0 Å². The summed E-state index contributed by atoms with van der Waals surface area (Å²) in [7, 11) is 0. The zero-order chi connectivity index (χ0) is 19.3. The van der Waals surface area contributed by atoms with Crippen LogP contribution < -0.4 is 5.32 Å². The average molecular weight is 388 g/mol. The molecule has 1 N–H and O–H groups in total. The molecule has 0 aliphatic carbocycles. The van der Waals surface area contributed by atoms with Crippen LogP contribution in [0.2, 0.25) is 0 Å². The molecule has 0 atom stereocenters. The molecule has 27 heavy (non-hydrogen) atoms. The van der Waals surface area contributed by atoms with Crippen LogP contribution in [0.4, 0.5) is 18.9 Å². The number of nitrogens with zero attached hydrogens (tertiary/aromatic N) is 1. The zero-order valence-electron chi connectivity index (χ0n) is 14.0. The molecule has 3 aromatic rings. The Kier molecular flexibility index (Phi) is 5.81. The smallest absolute Gasteiger partial charge is 0.322 e. The molecular formula is C20H15F3N2OS. The number of rotatable bonds is 5. The third-order valence-corrected chi connectivity index (χ3v) is 4.80. The molecule has 3 rings (SSSR count). The van der Waals surface area contributed by atoms with Crippen molar-refractivity contribution in [1.82, 2.24) is 4.98 Å². The first kappa shape index (κ1) is 19.0. The molecule has 0 unspecified atom stereocenters. The van der Waals surface area contributed by atoms with E-state index < -0.39 is 17.6 Å². The van der Waals surface area contributed by atoms with Crippen LogP contribution in [0.5, 0.6) is 0 Å². The van der Waals surface area contributed by atoms with E-state index in [0.717, 1.165) is 40.5 Å². The highest BCUT2D eigenvalue weighted by atomic mass is 32.2. The van der Waals surface area contributed by atoms with Crippen LogP contribution >= 0.6 is 11.8 Å². The van der Waals surface area contributed by atoms with Gasteiger partial charge in [0.2, 0.25) is 0 Å². The molecule has 1 amide bonds. The number of nitrogens with one attached hydrogen (secondary N) is 1. The Bertz CT molecular complexity index is 895. The highest BCUT2D eigenvalue weighted by Crippen LogP contribution is 2.29. The number of carbonyl (C=O) groups excluding carboxylic acids is 1. The number of hydrogen-bond acceptors (Lipinski definition) is 3. The van der Waals surface area contributed by atoms with Gasteiger partial charge in [-0.15, -0.1) is 11.8 Å². The lowest BCUT2D eigenvalue weighted by Gasteiger charge is -2.09. The second kappa shape index (κ2) is 8.26. The lowest BCUT2D eigenvalue weighted by molar-refractivity contribution is -0.137. The largest absolute Gasteiger partial charge is 0.416 e. The van der Waals surface area contributed by atoms with Gasteiger partial charge in [0.1, 0.15) is 0 Å². The predicted octanol–water partition coefficient (Wildman–Crippen LogP) is 5.65. The standard InChI is InChI=1S/C20H15F3N2OS/c21-20(22,23)16-5-3-15(4-6-16)19(26)25-17-7-9-18(10-8-17)27-13-14-2-1-11-24-12-14/h1-12H,13H2,(H,25,26). The maximum absolute atomic E-state index is 12.6. The highest BCUT2D eigenvalue weighted by molar-refractivity contribution is 7.98. The summed E-state index contributed by atoms with van der Waals surface area (Å²) in [5.74, 6) is 0.324. The van der Waals surface area contributed by atoms with Gasteiger partial charge in [-0.25, -0.2) is 0 Å². The molecule has 0 radical (unpaired) electrons. The second-order valence-electron chi connectivity index (χ2n) is 5.70. The van der Waals surface area contributed by atoms with E-state index >= 15 is 0 Å². The number of alkyl halides is 3. The van der Waals surface area contributed by atoms with Gasteiger partial charge < -0.3 is 5.32 Å². The van der Waals surface area contributed by atoms with Crippen LogP contribution in [0, 0.1) is 0 Å². The van der Waals surface area contributed by atoms with Gasteiger partial charge in [0.15, 0.2) is 0 Å². The fraction of sp³-hybridized carbons (Fsp3) is 0.100. The summed E-state index contributed by atoms with van der Waals surface area (Å²) < 4.78 is 37.7. The molecule has 1 aromatic heterocycles. The monoisotopic (exact) mass is 388 g/mol. The van der Waals surface area contributed by atoms with E-state index in [4.69, 9.17) is 0 Å². The Hall–Kier alpha value is -2.80. The molecule has 0 aliphatic heterocycles. The Labute approximate surface area is 158 Å². The Morgan fingerprint density at radius 2 is 1.70 bits per heavy atom. The molecule has 0 saturated heterocycles. The third-order valence-electron chi connectivity index (χ3n) is 3.71. The van der Waals surface area contributed by atoms with Gasteiger partial charge in [-0.05, 0) is 60.2 Å². The van der Waals surface area contributed by atoms with Crippen molar-refractivity contribution >= 4 is 23.4 Å². The predicted molar refractivity (Wildman–Crippen MR) is 99.6 cm³/mol. The number of hydrogen-bond donors (Lipinski definition) is 1. The number of carbonyl (C=O) groups is 1. The van der Waals surface area contributed by atoms with Gasteiger partial charge in [-0.1, -0.05) is 6.07 Å². The maximum atomic E-state index is 12.6. The zero-order valence-corrected chi connectivity index (χ0v) is 14.8. The van der Waals surface area contributed by atoms with E-state index in [-0.39, 0.29) is 5.56 Å². The van der Waals surface area contributed by atoms with E-state index in [1.54, 1.807) is 30.1 Å². The first-order valence-electron chi connectivity index (χ1n) is 8.02. The minimum atomic E-state index is -4.42. The maximum Gasteiger partial charge on any atom is 0.416 e. The van der Waals surface area contributed by atoms with Crippen LogP contribution in [0.25, 0.3) is 0 Å². The van der Waals surface area contributed by atoms with Gasteiger partial charge in [-0.2, -0.15) is 13.2 Å². The summed E-state index contributed by atoms with van der Waals surface area (Å²) in [5.41, 5.74) is 1.07. The highest BCUT2D eigenvalue weighted by Gasteiger charge is 2.30. The minimum absolute atomic E-state index is 0.165. The van der Waals surface area contributed by atoms with Crippen LogP contribution in [-0.2, 0) is 11.9 Å². The lowest BCUT2D eigenvalue weighted by Crippen LogP contribution is -2.12. The number of pyridine rings is 1. The molecule has 1 heterocycles. The van der Waals surface area contributed by atoms with Crippen LogP contribution in [0.1, 0.15) is 21.5 Å². The topological polar surface area (TPSA) is 42.0 Å². The average Bonchev–Trinajstić information content (AvgIpc) is 2.68. The van der Waals surface area contributed by atoms with Crippen molar-refractivity contribution in [3.8, 4) is 0 Å². The van der Waals surface area contributed by atoms with Crippen LogP contribution in [0.15, 0.2) is 78.0 Å². The third kappa shape index (κ3) is 5.34. The molecule has 0 fully saturated rings. The summed E-state index contributed by atoms with van der Waals surface area (Å²) in [4.78, 5) is 17.3. The van der Waals surface area contributed by atoms with Crippen molar-refractivity contribution in [2.24, 2.45) is 0 Å². The van der Waals surface area contributed by atoms with Gasteiger partial charge >= 0.3 is 6.18 Å². The fourth-order valence-electron chi connectivity index (χ4n) is 2.30. The van der Waals surface area contributed by atoms with Gasteiger partial charge in [-0.3, -0.25) is 9.78 Å². The molecule has 0 aliphatic rings. The molecule has 2 aromatic carbocycles. The summed E-state index contributed by atoms with van der Waals surface area (Å²) in [6.07, 6.45) is -0.883. The molecule has 0 bridgehead atoms. The van der Waals surface area contributed by atoms with Crippen LogP contribution in [-0.4, -0.2) is 10.9 Å². The molecule has 3 nitrogen and oxygen atoms in total. The van der Waals surface area contributed by atoms with E-state index in [1.807, 2.05) is 30.5 Å². The number of thioether (sulfide) groups is 1. The van der Waals surface area contributed by atoms with Crippen molar-refractivity contribution in [2.45, 2.75) is 16.8 Å². The normalized spacial score (nSPS) is 11.2. The summed E-state index contributed by atoms with van der Waals surface area (Å²) in [5, 5.41) is 2.68.